The summed E-state index contributed by atoms with van der Waals surface area (Å²) in [5.74, 6) is 0.0397. The Kier molecular flexibility index (Phi) is 5.22. The zero-order chi connectivity index (χ0) is 18.8. The van der Waals surface area contributed by atoms with Crippen molar-refractivity contribution in [2.24, 2.45) is 0 Å². The predicted octanol–water partition coefficient (Wildman–Crippen LogP) is 0.698. The Balaban J connectivity index is 1.29. The highest BCUT2D eigenvalue weighted by atomic mass is 32.1. The Labute approximate surface area is 160 Å². The maximum atomic E-state index is 12.5. The Hall–Kier alpha value is -2.26. The number of carbonyl (C=O) groups excluding carboxylic acids is 2. The van der Waals surface area contributed by atoms with Crippen LogP contribution in [0.2, 0.25) is 0 Å². The van der Waals surface area contributed by atoms with Crippen molar-refractivity contribution in [2.75, 3.05) is 32.8 Å². The lowest BCUT2D eigenvalue weighted by Gasteiger charge is -2.35. The number of hydrogen-bond acceptors (Lipinski definition) is 6. The highest BCUT2D eigenvalue weighted by Crippen LogP contribution is 2.16. The van der Waals surface area contributed by atoms with Crippen LogP contribution in [-0.2, 0) is 20.9 Å². The molecule has 2 aromatic rings. The molecule has 4 rings (SSSR count). The van der Waals surface area contributed by atoms with E-state index in [1.165, 1.54) is 22.2 Å². The van der Waals surface area contributed by atoms with Crippen LogP contribution in [0.4, 0.5) is 0 Å². The highest BCUT2D eigenvalue weighted by Gasteiger charge is 2.31. The normalized spacial score (nSPS) is 20.4. The molecule has 4 heterocycles. The van der Waals surface area contributed by atoms with Gasteiger partial charge in [0.15, 0.2) is 0 Å². The third-order valence-electron chi connectivity index (χ3n) is 5.17. The smallest absolute Gasteiger partial charge is 0.262 e. The molecule has 0 radical (unpaired) electrons. The van der Waals surface area contributed by atoms with Gasteiger partial charge in [0.25, 0.3) is 11.5 Å². The lowest BCUT2D eigenvalue weighted by molar-refractivity contribution is -0.146. The molecule has 0 aromatic carbocycles. The van der Waals surface area contributed by atoms with Gasteiger partial charge in [-0.1, -0.05) is 0 Å². The fourth-order valence-electron chi connectivity index (χ4n) is 3.58. The van der Waals surface area contributed by atoms with Gasteiger partial charge < -0.3 is 14.5 Å². The molecule has 0 spiro atoms. The van der Waals surface area contributed by atoms with E-state index in [1.54, 1.807) is 15.9 Å². The third kappa shape index (κ3) is 3.74. The lowest BCUT2D eigenvalue weighted by Crippen LogP contribution is -2.53. The van der Waals surface area contributed by atoms with Gasteiger partial charge in [-0.2, -0.15) is 0 Å². The van der Waals surface area contributed by atoms with E-state index in [2.05, 4.69) is 4.98 Å². The Morgan fingerprint density at radius 1 is 1.22 bits per heavy atom. The number of aryl methyl sites for hydroxylation is 1. The van der Waals surface area contributed by atoms with E-state index in [0.29, 0.717) is 44.7 Å². The molecule has 144 valence electrons. The maximum absolute atomic E-state index is 12.5. The number of rotatable bonds is 4. The fraction of sp³-hybridized carbons (Fsp3) is 0.556. The van der Waals surface area contributed by atoms with Crippen LogP contribution in [-0.4, -0.2) is 70.1 Å². The summed E-state index contributed by atoms with van der Waals surface area (Å²) in [6, 6.07) is 1.76. The molecule has 2 saturated heterocycles. The van der Waals surface area contributed by atoms with Crippen molar-refractivity contribution in [3.05, 3.63) is 28.1 Å². The number of carbonyl (C=O) groups is 2. The topological polar surface area (TPSA) is 84.7 Å². The molecule has 0 N–H and O–H groups in total. The Morgan fingerprint density at radius 3 is 2.74 bits per heavy atom. The number of amides is 2. The van der Waals surface area contributed by atoms with Crippen molar-refractivity contribution in [3.8, 4) is 0 Å². The number of nitrogens with zero attached hydrogens (tertiary/aromatic N) is 4. The van der Waals surface area contributed by atoms with Crippen molar-refractivity contribution in [3.63, 3.8) is 0 Å². The standard InChI is InChI=1S/C18H22N4O4S/c23-15(3-5-22-12-19-16-13(17(22)24)4-11-27-16)20-6-8-21(9-7-20)18(25)14-2-1-10-26-14/h4,11-12,14H,1-3,5-10H2. The molecule has 2 aliphatic heterocycles. The second-order valence-corrected chi connectivity index (χ2v) is 7.73. The number of hydrogen-bond donors (Lipinski definition) is 0. The molecule has 1 atom stereocenters. The summed E-state index contributed by atoms with van der Waals surface area (Å²) in [6.45, 7) is 3.08. The summed E-state index contributed by atoms with van der Waals surface area (Å²) < 4.78 is 6.95. The van der Waals surface area contributed by atoms with Crippen LogP contribution in [0.1, 0.15) is 19.3 Å². The van der Waals surface area contributed by atoms with Gasteiger partial charge >= 0.3 is 0 Å². The van der Waals surface area contributed by atoms with E-state index in [-0.39, 0.29) is 29.9 Å². The predicted molar refractivity (Wildman–Crippen MR) is 101 cm³/mol. The molecule has 27 heavy (non-hydrogen) atoms. The molecule has 1 unspecified atom stereocenters. The highest BCUT2D eigenvalue weighted by molar-refractivity contribution is 7.16. The maximum Gasteiger partial charge on any atom is 0.262 e. The van der Waals surface area contributed by atoms with Crippen LogP contribution in [0.3, 0.4) is 0 Å². The summed E-state index contributed by atoms with van der Waals surface area (Å²) in [4.78, 5) is 45.8. The monoisotopic (exact) mass is 390 g/mol. The number of thiophene rings is 1. The lowest BCUT2D eigenvalue weighted by atomic mass is 10.2. The van der Waals surface area contributed by atoms with E-state index in [4.69, 9.17) is 4.74 Å². The van der Waals surface area contributed by atoms with Gasteiger partial charge in [-0.3, -0.25) is 19.0 Å². The molecule has 0 saturated carbocycles. The summed E-state index contributed by atoms with van der Waals surface area (Å²) in [5, 5.41) is 2.43. The number of ether oxygens (including phenoxy) is 1. The molecule has 2 fully saturated rings. The number of piperazine rings is 1. The molecule has 2 aromatic heterocycles. The van der Waals surface area contributed by atoms with Crippen LogP contribution in [0.5, 0.6) is 0 Å². The summed E-state index contributed by atoms with van der Waals surface area (Å²) in [7, 11) is 0. The first-order valence-corrected chi connectivity index (χ1v) is 10.1. The quantitative estimate of drug-likeness (QED) is 0.767. The molecular weight excluding hydrogens is 368 g/mol. The van der Waals surface area contributed by atoms with Gasteiger partial charge in [0, 0.05) is 45.8 Å². The van der Waals surface area contributed by atoms with Crippen LogP contribution >= 0.6 is 11.3 Å². The minimum atomic E-state index is -0.307. The average Bonchev–Trinajstić information content (AvgIpc) is 3.39. The van der Waals surface area contributed by atoms with Crippen molar-refractivity contribution in [1.29, 1.82) is 0 Å². The van der Waals surface area contributed by atoms with E-state index in [9.17, 15) is 14.4 Å². The summed E-state index contributed by atoms with van der Waals surface area (Å²) in [6.07, 6.45) is 3.16. The van der Waals surface area contributed by atoms with Crippen LogP contribution in [0.15, 0.2) is 22.6 Å². The number of fused-ring (bicyclic) bond motifs is 1. The number of aromatic nitrogens is 2. The summed E-state index contributed by atoms with van der Waals surface area (Å²) >= 11 is 1.43. The minimum absolute atomic E-state index is 0.00321. The van der Waals surface area contributed by atoms with Gasteiger partial charge in [-0.05, 0) is 24.3 Å². The Morgan fingerprint density at radius 2 is 2.00 bits per heavy atom. The zero-order valence-electron chi connectivity index (χ0n) is 15.0. The van der Waals surface area contributed by atoms with E-state index in [0.717, 1.165) is 17.7 Å². The van der Waals surface area contributed by atoms with E-state index < -0.39 is 0 Å². The van der Waals surface area contributed by atoms with Crippen molar-refractivity contribution in [2.45, 2.75) is 31.9 Å². The van der Waals surface area contributed by atoms with Crippen molar-refractivity contribution >= 4 is 33.4 Å². The first kappa shape index (κ1) is 18.1. The molecule has 2 aliphatic rings. The van der Waals surface area contributed by atoms with Gasteiger partial charge in [0.05, 0.1) is 11.7 Å². The molecule has 0 bridgehead atoms. The average molecular weight is 390 g/mol. The minimum Gasteiger partial charge on any atom is -0.368 e. The van der Waals surface area contributed by atoms with Crippen molar-refractivity contribution < 1.29 is 14.3 Å². The first-order valence-electron chi connectivity index (χ1n) is 9.24. The largest absolute Gasteiger partial charge is 0.368 e. The van der Waals surface area contributed by atoms with Crippen LogP contribution < -0.4 is 5.56 Å². The van der Waals surface area contributed by atoms with Crippen LogP contribution in [0.25, 0.3) is 10.2 Å². The molecule has 9 heteroatoms. The van der Waals surface area contributed by atoms with Gasteiger partial charge in [0.2, 0.25) is 5.91 Å². The molecular formula is C18H22N4O4S. The van der Waals surface area contributed by atoms with Gasteiger partial charge in [0.1, 0.15) is 10.9 Å². The van der Waals surface area contributed by atoms with Gasteiger partial charge in [-0.15, -0.1) is 11.3 Å². The summed E-state index contributed by atoms with van der Waals surface area (Å²) in [5.41, 5.74) is -0.110. The van der Waals surface area contributed by atoms with E-state index >= 15 is 0 Å². The molecule has 0 aliphatic carbocycles. The third-order valence-corrected chi connectivity index (χ3v) is 5.99. The Bertz CT molecular complexity index is 894. The SMILES string of the molecule is O=C(CCn1cnc2sccc2c1=O)N1CCN(C(=O)C2CCCO2)CC1. The van der Waals surface area contributed by atoms with Crippen LogP contribution in [0, 0.1) is 0 Å². The second-order valence-electron chi connectivity index (χ2n) is 6.84. The first-order chi connectivity index (χ1) is 13.1. The molecule has 2 amide bonds. The van der Waals surface area contributed by atoms with Gasteiger partial charge in [-0.25, -0.2) is 4.98 Å². The van der Waals surface area contributed by atoms with E-state index in [1.807, 2.05) is 5.38 Å². The molecule has 8 nitrogen and oxygen atoms in total. The second kappa shape index (κ2) is 7.77. The zero-order valence-corrected chi connectivity index (χ0v) is 15.8. The fourth-order valence-corrected chi connectivity index (χ4v) is 4.30. The van der Waals surface area contributed by atoms with Crippen molar-refractivity contribution in [1.82, 2.24) is 19.4 Å².